The zero-order valence-electron chi connectivity index (χ0n) is 17.0. The van der Waals surface area contributed by atoms with E-state index in [2.05, 4.69) is 30.2 Å². The van der Waals surface area contributed by atoms with E-state index in [1.165, 1.54) is 11.3 Å². The second kappa shape index (κ2) is 8.62. The average molecular weight is 419 g/mol. The van der Waals surface area contributed by atoms with Gasteiger partial charge in [-0.15, -0.1) is 11.3 Å². The predicted octanol–water partition coefficient (Wildman–Crippen LogP) is 4.73. The molecule has 0 fully saturated rings. The average Bonchev–Trinajstić information content (AvgIpc) is 3.14. The quantitative estimate of drug-likeness (QED) is 0.433. The van der Waals surface area contributed by atoms with Crippen molar-refractivity contribution in [3.05, 3.63) is 70.9 Å². The van der Waals surface area contributed by atoms with Gasteiger partial charge >= 0.3 is 0 Å². The number of aryl methyl sites for hydroxylation is 1. The van der Waals surface area contributed by atoms with Gasteiger partial charge in [0.05, 0.1) is 11.0 Å². The van der Waals surface area contributed by atoms with Gasteiger partial charge in [-0.1, -0.05) is 19.1 Å². The lowest BCUT2D eigenvalue weighted by molar-refractivity contribution is 0.0972. The molecule has 0 aliphatic heterocycles. The summed E-state index contributed by atoms with van der Waals surface area (Å²) >= 11 is 1.45. The van der Waals surface area contributed by atoms with Crippen molar-refractivity contribution in [1.29, 1.82) is 0 Å². The van der Waals surface area contributed by atoms with Gasteiger partial charge in [0.1, 0.15) is 10.4 Å². The fourth-order valence-electron chi connectivity index (χ4n) is 3.25. The van der Waals surface area contributed by atoms with Crippen molar-refractivity contribution in [2.24, 2.45) is 0 Å². The molecule has 0 saturated heterocycles. The Bertz CT molecular complexity index is 1160. The van der Waals surface area contributed by atoms with E-state index in [0.29, 0.717) is 23.7 Å². The lowest BCUT2D eigenvalue weighted by Gasteiger charge is -2.15. The number of rotatable bonds is 7. The van der Waals surface area contributed by atoms with Crippen LogP contribution in [0.3, 0.4) is 0 Å². The molecule has 4 rings (SSSR count). The first kappa shape index (κ1) is 20.0. The van der Waals surface area contributed by atoms with Gasteiger partial charge in [0.15, 0.2) is 11.4 Å². The number of pyridine rings is 2. The molecular weight excluding hydrogens is 396 g/mol. The smallest absolute Gasteiger partial charge is 0.225 e. The highest BCUT2D eigenvalue weighted by Crippen LogP contribution is 2.28. The Balaban J connectivity index is 1.64. The summed E-state index contributed by atoms with van der Waals surface area (Å²) in [6, 6.07) is 7.68. The maximum atomic E-state index is 13.2. The van der Waals surface area contributed by atoms with E-state index in [9.17, 15) is 4.79 Å². The van der Waals surface area contributed by atoms with Gasteiger partial charge in [-0.25, -0.2) is 9.97 Å². The normalized spacial score (nSPS) is 13.2. The second-order valence-corrected chi connectivity index (χ2v) is 8.45. The number of carbonyl (C=O) groups is 1. The largest absolute Gasteiger partial charge is 0.348 e. The molecule has 152 valence electrons. The Morgan fingerprint density at radius 2 is 1.73 bits per heavy atom. The Labute approximate surface area is 178 Å². The molecule has 0 spiro atoms. The first-order chi connectivity index (χ1) is 14.5. The third-order valence-corrected chi connectivity index (χ3v) is 5.87. The number of thiazole rings is 1. The number of ketones is 1. The minimum atomic E-state index is -0.0619. The number of aromatic nitrogens is 5. The van der Waals surface area contributed by atoms with Crippen LogP contribution in [-0.4, -0.2) is 30.7 Å². The summed E-state index contributed by atoms with van der Waals surface area (Å²) < 4.78 is 0.732. The molecule has 0 aliphatic rings. The fourth-order valence-corrected chi connectivity index (χ4v) is 4.12. The van der Waals surface area contributed by atoms with Crippen molar-refractivity contribution in [2.75, 3.05) is 5.32 Å². The van der Waals surface area contributed by atoms with Gasteiger partial charge in [-0.2, -0.15) is 4.98 Å². The first-order valence-electron chi connectivity index (χ1n) is 9.76. The van der Waals surface area contributed by atoms with Crippen LogP contribution in [-0.2, 0) is 0 Å². The molecule has 1 N–H and O–H groups in total. The van der Waals surface area contributed by atoms with E-state index in [-0.39, 0.29) is 17.7 Å². The maximum absolute atomic E-state index is 13.2. The molecule has 0 aliphatic carbocycles. The summed E-state index contributed by atoms with van der Waals surface area (Å²) in [5, 5.41) is 4.13. The predicted molar refractivity (Wildman–Crippen MR) is 118 cm³/mol. The van der Waals surface area contributed by atoms with Gasteiger partial charge in [0.2, 0.25) is 5.95 Å². The van der Waals surface area contributed by atoms with E-state index in [4.69, 9.17) is 0 Å². The minimum absolute atomic E-state index is 0.0283. The van der Waals surface area contributed by atoms with Crippen LogP contribution in [0.25, 0.3) is 10.3 Å². The fraction of sp³-hybridized carbons (Fsp3) is 0.273. The van der Waals surface area contributed by atoms with Gasteiger partial charge < -0.3 is 5.32 Å². The minimum Gasteiger partial charge on any atom is -0.348 e. The maximum Gasteiger partial charge on any atom is 0.225 e. The summed E-state index contributed by atoms with van der Waals surface area (Å²) in [5.41, 5.74) is 3.00. The van der Waals surface area contributed by atoms with E-state index >= 15 is 0 Å². The zero-order chi connectivity index (χ0) is 21.1. The molecule has 0 radical (unpaired) electrons. The number of hydrogen-bond acceptors (Lipinski definition) is 8. The summed E-state index contributed by atoms with van der Waals surface area (Å²) in [6.07, 6.45) is 7.40. The number of nitrogens with zero attached hydrogens (tertiary/aromatic N) is 5. The highest BCUT2D eigenvalue weighted by atomic mass is 32.1. The van der Waals surface area contributed by atoms with Gasteiger partial charge in [-0.3, -0.25) is 14.8 Å². The highest BCUT2D eigenvalue weighted by molar-refractivity contribution is 7.18. The van der Waals surface area contributed by atoms with Crippen LogP contribution in [0.1, 0.15) is 58.9 Å². The molecule has 0 aromatic carbocycles. The molecule has 0 amide bonds. The Morgan fingerprint density at radius 1 is 1.03 bits per heavy atom. The van der Waals surface area contributed by atoms with E-state index in [0.717, 1.165) is 20.8 Å². The molecule has 4 heterocycles. The van der Waals surface area contributed by atoms with Gasteiger partial charge in [0, 0.05) is 31.2 Å². The molecule has 4 aromatic rings. The standard InChI is InChI=1S/C22H22N6OS/c1-13(16-6-4-8-23-11-16)10-18(29)19-20-21(26-15(3)30-20)28-22(27-19)25-14(2)17-7-5-9-24-12-17/h4-9,11-14H,10H2,1-3H3,(H,25,27,28)/t13-,14+/m1/s1. The number of Topliss-reactive ketones (excluding diaryl/α,β-unsaturated/α-hetero) is 1. The van der Waals surface area contributed by atoms with Crippen LogP contribution in [0, 0.1) is 6.92 Å². The number of fused-ring (bicyclic) bond motifs is 1. The SMILES string of the molecule is Cc1nc2nc(N[C@@H](C)c3cccnc3)nc(C(=O)C[C@@H](C)c3cccnc3)c2s1. The Hall–Kier alpha value is -3.26. The number of hydrogen-bond donors (Lipinski definition) is 1. The topological polar surface area (TPSA) is 93.5 Å². The number of anilines is 1. The molecule has 7 nitrogen and oxygen atoms in total. The van der Waals surface area contributed by atoms with Crippen LogP contribution in [0.4, 0.5) is 5.95 Å². The molecule has 2 atom stereocenters. The molecule has 0 unspecified atom stereocenters. The van der Waals surface area contributed by atoms with Crippen molar-refractivity contribution in [3.8, 4) is 0 Å². The summed E-state index contributed by atoms with van der Waals surface area (Å²) in [7, 11) is 0. The van der Waals surface area contributed by atoms with Gasteiger partial charge in [0.25, 0.3) is 0 Å². The molecule has 8 heteroatoms. The molecule has 0 bridgehead atoms. The van der Waals surface area contributed by atoms with Crippen molar-refractivity contribution in [3.63, 3.8) is 0 Å². The highest BCUT2D eigenvalue weighted by Gasteiger charge is 2.21. The second-order valence-electron chi connectivity index (χ2n) is 7.25. The lowest BCUT2D eigenvalue weighted by atomic mass is 9.96. The summed E-state index contributed by atoms with van der Waals surface area (Å²) in [6.45, 7) is 5.93. The zero-order valence-corrected chi connectivity index (χ0v) is 17.8. The Kier molecular flexibility index (Phi) is 5.76. The van der Waals surface area contributed by atoms with E-state index in [1.807, 2.05) is 45.0 Å². The molecular formula is C22H22N6OS. The van der Waals surface area contributed by atoms with Crippen molar-refractivity contribution >= 4 is 33.4 Å². The Morgan fingerprint density at radius 3 is 2.40 bits per heavy atom. The van der Waals surface area contributed by atoms with E-state index < -0.39 is 0 Å². The van der Waals surface area contributed by atoms with Crippen molar-refractivity contribution < 1.29 is 4.79 Å². The van der Waals surface area contributed by atoms with Crippen LogP contribution < -0.4 is 5.32 Å². The van der Waals surface area contributed by atoms with Crippen molar-refractivity contribution in [1.82, 2.24) is 24.9 Å². The van der Waals surface area contributed by atoms with Crippen LogP contribution in [0.15, 0.2) is 49.1 Å². The third kappa shape index (κ3) is 4.33. The number of carbonyl (C=O) groups excluding carboxylic acids is 1. The van der Waals surface area contributed by atoms with Crippen LogP contribution in [0.2, 0.25) is 0 Å². The molecule has 4 aromatic heterocycles. The van der Waals surface area contributed by atoms with Crippen LogP contribution >= 0.6 is 11.3 Å². The molecule has 0 saturated carbocycles. The lowest BCUT2D eigenvalue weighted by Crippen LogP contribution is -2.13. The summed E-state index contributed by atoms with van der Waals surface area (Å²) in [4.78, 5) is 35.1. The third-order valence-electron chi connectivity index (χ3n) is 4.90. The number of nitrogens with one attached hydrogen (secondary N) is 1. The first-order valence-corrected chi connectivity index (χ1v) is 10.6. The summed E-state index contributed by atoms with van der Waals surface area (Å²) in [5.74, 6) is 0.400. The molecule has 30 heavy (non-hydrogen) atoms. The van der Waals surface area contributed by atoms with Crippen molar-refractivity contribution in [2.45, 2.75) is 39.2 Å². The van der Waals surface area contributed by atoms with Crippen LogP contribution in [0.5, 0.6) is 0 Å². The monoisotopic (exact) mass is 418 g/mol. The van der Waals surface area contributed by atoms with Gasteiger partial charge in [-0.05, 0) is 43.0 Å². The van der Waals surface area contributed by atoms with E-state index in [1.54, 1.807) is 24.8 Å².